The third-order valence-electron chi connectivity index (χ3n) is 8.88. The lowest BCUT2D eigenvalue weighted by molar-refractivity contribution is -0.162. The van der Waals surface area contributed by atoms with E-state index in [1.54, 1.807) is 13.0 Å². The maximum absolute atomic E-state index is 12.3. The van der Waals surface area contributed by atoms with E-state index in [4.69, 9.17) is 33.2 Å². The molecular formula is C42H78O10S3. The molecule has 0 saturated carbocycles. The standard InChI is InChI=1S/C42H78O10S3/c1-32(2)14-20-47-38(6,7)28-42(31-41(12,13)50-24-23-46-34(43)16-25-53,29-39(8,9)48-21-15-33(3)51-35(44)17-26-54)30-40(10,11)49-22-19-37(4,5)52-36(45)18-27-55/h15,32,53-55H,14,16-31H2,1-13H3/b33-15+. The molecule has 0 aliphatic rings. The van der Waals surface area contributed by atoms with Crippen LogP contribution < -0.4 is 0 Å². The second-order valence-corrected chi connectivity index (χ2v) is 19.5. The molecule has 324 valence electrons. The lowest BCUT2D eigenvalue weighted by Gasteiger charge is -2.50. The first-order valence-electron chi connectivity index (χ1n) is 19.8. The summed E-state index contributed by atoms with van der Waals surface area (Å²) in [5, 5.41) is 0. The van der Waals surface area contributed by atoms with Crippen LogP contribution in [0, 0.1) is 11.3 Å². The van der Waals surface area contributed by atoms with Gasteiger partial charge in [-0.3, -0.25) is 14.4 Å². The van der Waals surface area contributed by atoms with Crippen molar-refractivity contribution in [2.75, 3.05) is 50.3 Å². The molecule has 0 aromatic heterocycles. The van der Waals surface area contributed by atoms with Gasteiger partial charge in [0.05, 0.1) is 61.5 Å². The van der Waals surface area contributed by atoms with Crippen molar-refractivity contribution in [3.05, 3.63) is 11.8 Å². The highest BCUT2D eigenvalue weighted by molar-refractivity contribution is 7.80. The van der Waals surface area contributed by atoms with E-state index in [0.29, 0.717) is 74.3 Å². The number of thiol groups is 3. The summed E-state index contributed by atoms with van der Waals surface area (Å²) in [4.78, 5) is 36.3. The van der Waals surface area contributed by atoms with E-state index in [9.17, 15) is 14.4 Å². The number of ether oxygens (including phenoxy) is 7. The number of hydrogen-bond donors (Lipinski definition) is 3. The van der Waals surface area contributed by atoms with Gasteiger partial charge in [-0.2, -0.15) is 37.9 Å². The van der Waals surface area contributed by atoms with Gasteiger partial charge in [0.2, 0.25) is 0 Å². The van der Waals surface area contributed by atoms with Gasteiger partial charge in [-0.05, 0) is 126 Å². The third-order valence-corrected chi connectivity index (χ3v) is 9.56. The van der Waals surface area contributed by atoms with Gasteiger partial charge in [0, 0.05) is 30.3 Å². The molecule has 0 N–H and O–H groups in total. The fourth-order valence-corrected chi connectivity index (χ4v) is 7.77. The van der Waals surface area contributed by atoms with E-state index in [1.807, 2.05) is 13.8 Å². The van der Waals surface area contributed by atoms with E-state index < -0.39 is 33.4 Å². The maximum atomic E-state index is 12.3. The molecule has 0 saturated heterocycles. The maximum Gasteiger partial charge on any atom is 0.311 e. The van der Waals surface area contributed by atoms with Crippen LogP contribution in [0.15, 0.2) is 11.8 Å². The molecule has 0 aliphatic heterocycles. The highest BCUT2D eigenvalue weighted by Gasteiger charge is 2.48. The highest BCUT2D eigenvalue weighted by Crippen LogP contribution is 2.50. The molecule has 1 unspecified atom stereocenters. The molecule has 13 heteroatoms. The van der Waals surface area contributed by atoms with Crippen LogP contribution in [0.25, 0.3) is 0 Å². The molecule has 0 bridgehead atoms. The summed E-state index contributed by atoms with van der Waals surface area (Å²) < 4.78 is 42.9. The second kappa shape index (κ2) is 25.5. The summed E-state index contributed by atoms with van der Waals surface area (Å²) in [7, 11) is 0. The average molecular weight is 839 g/mol. The van der Waals surface area contributed by atoms with Crippen LogP contribution in [-0.2, 0) is 47.5 Å². The van der Waals surface area contributed by atoms with E-state index in [1.165, 1.54) is 0 Å². The Kier molecular flexibility index (Phi) is 25.1. The summed E-state index contributed by atoms with van der Waals surface area (Å²) >= 11 is 12.4. The zero-order chi connectivity index (χ0) is 42.6. The molecule has 0 aromatic rings. The van der Waals surface area contributed by atoms with Crippen LogP contribution in [0.1, 0.15) is 148 Å². The van der Waals surface area contributed by atoms with Gasteiger partial charge in [0.15, 0.2) is 0 Å². The summed E-state index contributed by atoms with van der Waals surface area (Å²) in [6, 6.07) is 0. The monoisotopic (exact) mass is 838 g/mol. The van der Waals surface area contributed by atoms with Gasteiger partial charge >= 0.3 is 17.9 Å². The Morgan fingerprint density at radius 3 is 1.49 bits per heavy atom. The van der Waals surface area contributed by atoms with Crippen molar-refractivity contribution >= 4 is 55.8 Å². The smallest absolute Gasteiger partial charge is 0.311 e. The van der Waals surface area contributed by atoms with Crippen LogP contribution in [0.2, 0.25) is 0 Å². The van der Waals surface area contributed by atoms with Crippen molar-refractivity contribution in [2.24, 2.45) is 11.3 Å². The van der Waals surface area contributed by atoms with Crippen LogP contribution in [0.5, 0.6) is 0 Å². The van der Waals surface area contributed by atoms with Crippen LogP contribution in [0.4, 0.5) is 0 Å². The zero-order valence-corrected chi connectivity index (χ0v) is 39.3. The van der Waals surface area contributed by atoms with Gasteiger partial charge in [-0.1, -0.05) is 13.8 Å². The molecule has 0 aliphatic carbocycles. The van der Waals surface area contributed by atoms with E-state index in [2.05, 4.69) is 107 Å². The van der Waals surface area contributed by atoms with Gasteiger partial charge in [0.1, 0.15) is 18.0 Å². The molecule has 0 spiro atoms. The molecule has 0 aromatic carbocycles. The van der Waals surface area contributed by atoms with Gasteiger partial charge in [-0.15, -0.1) is 0 Å². The minimum Gasteiger partial charge on any atom is -0.463 e. The molecule has 1 atom stereocenters. The number of hydrogen-bond acceptors (Lipinski definition) is 13. The molecule has 0 rings (SSSR count). The minimum atomic E-state index is -0.700. The van der Waals surface area contributed by atoms with Gasteiger partial charge in [0.25, 0.3) is 0 Å². The van der Waals surface area contributed by atoms with Crippen LogP contribution in [-0.4, -0.2) is 96.2 Å². The Hall–Kier alpha value is -0.960. The van der Waals surface area contributed by atoms with Crippen LogP contribution >= 0.6 is 37.9 Å². The van der Waals surface area contributed by atoms with Crippen molar-refractivity contribution in [2.45, 2.75) is 176 Å². The zero-order valence-electron chi connectivity index (χ0n) is 36.6. The van der Waals surface area contributed by atoms with E-state index >= 15 is 0 Å². The predicted octanol–water partition coefficient (Wildman–Crippen LogP) is 9.42. The SMILES string of the molecule is C/C(=C\COC(C)(C)CC(CC(C)(C)OCCOC(=O)CCS)(CC(C)(C)OCCC(C)C)CC(C)(C)OCCC(C)(C)OC(=O)CCS)OC(=O)CCS. The van der Waals surface area contributed by atoms with Gasteiger partial charge in [-0.25, -0.2) is 0 Å². The Balaban J connectivity index is 6.72. The van der Waals surface area contributed by atoms with Crippen molar-refractivity contribution < 1.29 is 47.5 Å². The van der Waals surface area contributed by atoms with Gasteiger partial charge < -0.3 is 33.2 Å². The topological polar surface area (TPSA) is 116 Å². The molecule has 0 heterocycles. The number of carbonyl (C=O) groups excluding carboxylic acids is 3. The molecule has 0 radical (unpaired) electrons. The second-order valence-electron chi connectivity index (χ2n) is 18.2. The Bertz CT molecular complexity index is 1170. The van der Waals surface area contributed by atoms with Crippen LogP contribution in [0.3, 0.4) is 0 Å². The highest BCUT2D eigenvalue weighted by atomic mass is 32.1. The molecular weight excluding hydrogens is 761 g/mol. The van der Waals surface area contributed by atoms with Crippen molar-refractivity contribution in [1.82, 2.24) is 0 Å². The molecule has 0 amide bonds. The fourth-order valence-electron chi connectivity index (χ4n) is 7.22. The third kappa shape index (κ3) is 27.4. The minimum absolute atomic E-state index is 0.147. The summed E-state index contributed by atoms with van der Waals surface area (Å²) in [6.07, 6.45) is 6.49. The average Bonchev–Trinajstić information content (AvgIpc) is 2.97. The summed E-state index contributed by atoms with van der Waals surface area (Å²) in [5.74, 6) is 1.34. The molecule has 0 fully saturated rings. The Labute approximate surface area is 351 Å². The van der Waals surface area contributed by atoms with Crippen molar-refractivity contribution in [1.29, 1.82) is 0 Å². The lowest BCUT2D eigenvalue weighted by Crippen LogP contribution is -2.48. The first-order chi connectivity index (χ1) is 25.2. The number of allylic oxidation sites excluding steroid dienone is 1. The largest absolute Gasteiger partial charge is 0.463 e. The first-order valence-corrected chi connectivity index (χ1v) is 21.7. The fraction of sp³-hybridized carbons (Fsp3) is 0.881. The van der Waals surface area contributed by atoms with E-state index in [0.717, 1.165) is 6.42 Å². The molecule has 55 heavy (non-hydrogen) atoms. The van der Waals surface area contributed by atoms with E-state index in [-0.39, 0.29) is 57.0 Å². The van der Waals surface area contributed by atoms with Crippen molar-refractivity contribution in [3.63, 3.8) is 0 Å². The number of carbonyl (C=O) groups is 3. The number of rotatable bonds is 31. The summed E-state index contributed by atoms with van der Waals surface area (Å²) in [6.45, 7) is 28.3. The normalized spacial score (nSPS) is 14.5. The van der Waals surface area contributed by atoms with Crippen molar-refractivity contribution in [3.8, 4) is 0 Å². The summed E-state index contributed by atoms with van der Waals surface area (Å²) in [5.41, 5.74) is -3.58. The predicted molar refractivity (Wildman–Crippen MR) is 231 cm³/mol. The first kappa shape index (κ1) is 54.0. The molecule has 10 nitrogen and oxygen atoms in total. The quantitative estimate of drug-likeness (QED) is 0.0205. The number of esters is 3. The lowest BCUT2D eigenvalue weighted by atomic mass is 9.62. The Morgan fingerprint density at radius 1 is 0.564 bits per heavy atom. The Morgan fingerprint density at radius 2 is 1.00 bits per heavy atom.